The van der Waals surface area contributed by atoms with Gasteiger partial charge in [-0.1, -0.05) is 36.4 Å². The Hall–Kier alpha value is -3.28. The van der Waals surface area contributed by atoms with Crippen molar-refractivity contribution < 1.29 is 9.53 Å². The number of benzene rings is 2. The molecule has 1 aliphatic carbocycles. The quantitative estimate of drug-likeness (QED) is 0.669. The number of hydrogen-bond donors (Lipinski definition) is 2. The van der Waals surface area contributed by atoms with Crippen LogP contribution < -0.4 is 15.4 Å². The zero-order valence-electron chi connectivity index (χ0n) is 17.8. The number of nitrogens with zero attached hydrogens (tertiary/aromatic N) is 2. The maximum atomic E-state index is 13.1. The first-order valence-corrected chi connectivity index (χ1v) is 11.1. The molecule has 0 saturated heterocycles. The Morgan fingerprint density at radius 2 is 2.00 bits per heavy atom. The molecule has 2 atom stereocenters. The molecule has 6 heteroatoms. The lowest BCUT2D eigenvalue weighted by Gasteiger charge is -2.27. The van der Waals surface area contributed by atoms with Gasteiger partial charge in [0, 0.05) is 18.3 Å². The van der Waals surface area contributed by atoms with Gasteiger partial charge < -0.3 is 15.4 Å². The van der Waals surface area contributed by atoms with Crippen molar-refractivity contribution in [1.29, 1.82) is 0 Å². The Kier molecular flexibility index (Phi) is 5.37. The zero-order valence-corrected chi connectivity index (χ0v) is 17.8. The highest BCUT2D eigenvalue weighted by molar-refractivity contribution is 5.75. The number of nitrogens with one attached hydrogen (secondary N) is 2. The van der Waals surface area contributed by atoms with Gasteiger partial charge in [0.25, 0.3) is 0 Å². The number of amides is 2. The minimum atomic E-state index is -0.231. The number of aryl methyl sites for hydroxylation is 2. The number of ether oxygens (including phenoxy) is 1. The molecule has 2 heterocycles. The highest BCUT2D eigenvalue weighted by Crippen LogP contribution is 2.31. The van der Waals surface area contributed by atoms with Gasteiger partial charge in [-0.25, -0.2) is 4.79 Å². The number of aromatic nitrogens is 2. The van der Waals surface area contributed by atoms with Crippen LogP contribution in [0.4, 0.5) is 4.79 Å². The molecule has 160 valence electrons. The zero-order chi connectivity index (χ0) is 21.2. The number of fused-ring (bicyclic) bond motifs is 2. The van der Waals surface area contributed by atoms with Crippen molar-refractivity contribution in [2.24, 2.45) is 7.05 Å². The molecule has 0 bridgehead atoms. The van der Waals surface area contributed by atoms with Gasteiger partial charge in [0.05, 0.1) is 24.9 Å². The highest BCUT2D eigenvalue weighted by atomic mass is 16.5. The van der Waals surface area contributed by atoms with Crippen LogP contribution in [0.3, 0.4) is 0 Å². The largest absolute Gasteiger partial charge is 0.493 e. The summed E-state index contributed by atoms with van der Waals surface area (Å²) in [6.45, 7) is 0.771. The van der Waals surface area contributed by atoms with Crippen LogP contribution in [0.15, 0.2) is 54.7 Å². The summed E-state index contributed by atoms with van der Waals surface area (Å²) in [6.07, 6.45) is 6.90. The second-order valence-electron chi connectivity index (χ2n) is 8.40. The van der Waals surface area contributed by atoms with Crippen LogP contribution in [0.2, 0.25) is 0 Å². The van der Waals surface area contributed by atoms with E-state index in [-0.39, 0.29) is 18.1 Å². The summed E-state index contributed by atoms with van der Waals surface area (Å²) < 4.78 is 7.69. The van der Waals surface area contributed by atoms with E-state index in [1.165, 1.54) is 11.3 Å². The summed E-state index contributed by atoms with van der Waals surface area (Å²) >= 11 is 0. The first-order valence-electron chi connectivity index (χ1n) is 11.1. The summed E-state index contributed by atoms with van der Waals surface area (Å²) in [6, 6.07) is 16.0. The van der Waals surface area contributed by atoms with Crippen molar-refractivity contribution in [3.8, 4) is 5.75 Å². The molecule has 2 unspecified atom stereocenters. The van der Waals surface area contributed by atoms with Gasteiger partial charge in [-0.15, -0.1) is 0 Å². The monoisotopic (exact) mass is 416 g/mol. The lowest BCUT2D eigenvalue weighted by Crippen LogP contribution is -2.41. The Balaban J connectivity index is 1.39. The van der Waals surface area contributed by atoms with Crippen molar-refractivity contribution in [3.05, 3.63) is 82.7 Å². The Bertz CT molecular complexity index is 1080. The molecular weight excluding hydrogens is 388 g/mol. The summed E-state index contributed by atoms with van der Waals surface area (Å²) in [5.74, 6) is 0.956. The lowest BCUT2D eigenvalue weighted by molar-refractivity contribution is 0.233. The summed E-state index contributed by atoms with van der Waals surface area (Å²) in [7, 11) is 1.96. The molecule has 31 heavy (non-hydrogen) atoms. The molecular formula is C25H28N4O2. The molecule has 6 nitrogen and oxygen atoms in total. The minimum Gasteiger partial charge on any atom is -0.493 e. The smallest absolute Gasteiger partial charge is 0.316 e. The van der Waals surface area contributed by atoms with Gasteiger partial charge in [-0.2, -0.15) is 5.10 Å². The highest BCUT2D eigenvalue weighted by Gasteiger charge is 2.26. The number of hydrogen-bond acceptors (Lipinski definition) is 3. The van der Waals surface area contributed by atoms with Crippen molar-refractivity contribution in [3.63, 3.8) is 0 Å². The molecule has 0 fully saturated rings. The summed E-state index contributed by atoms with van der Waals surface area (Å²) in [5.41, 5.74) is 5.67. The van der Waals surface area contributed by atoms with Crippen LogP contribution in [0.1, 0.15) is 59.3 Å². The van der Waals surface area contributed by atoms with Crippen LogP contribution in [0.5, 0.6) is 5.75 Å². The fraction of sp³-hybridized carbons (Fsp3) is 0.360. The number of rotatable bonds is 4. The normalized spacial score (nSPS) is 18.3. The number of carbonyl (C=O) groups is 1. The van der Waals surface area contributed by atoms with E-state index in [4.69, 9.17) is 4.74 Å². The van der Waals surface area contributed by atoms with E-state index >= 15 is 0 Å². The predicted octanol–water partition coefficient (Wildman–Crippen LogP) is 4.21. The fourth-order valence-corrected chi connectivity index (χ4v) is 4.75. The van der Waals surface area contributed by atoms with Crippen molar-refractivity contribution in [1.82, 2.24) is 20.4 Å². The molecule has 0 radical (unpaired) electrons. The average Bonchev–Trinajstić information content (AvgIpc) is 3.19. The topological polar surface area (TPSA) is 68.2 Å². The van der Waals surface area contributed by atoms with Crippen LogP contribution in [-0.4, -0.2) is 22.4 Å². The molecule has 5 rings (SSSR count). The maximum absolute atomic E-state index is 13.1. The number of urea groups is 1. The summed E-state index contributed by atoms with van der Waals surface area (Å²) in [5, 5.41) is 10.8. The SMILES string of the molecule is Cn1ncc2c1CCCC2NC(=O)NC(c1ccccc1)c1ccc2c(c1)CCCO2. The van der Waals surface area contributed by atoms with E-state index in [9.17, 15) is 4.79 Å². The Morgan fingerprint density at radius 1 is 1.13 bits per heavy atom. The molecule has 1 aromatic heterocycles. The Labute approximate surface area is 182 Å². The molecule has 0 saturated carbocycles. The third-order valence-corrected chi connectivity index (χ3v) is 6.36. The van der Waals surface area contributed by atoms with Gasteiger partial charge in [0.2, 0.25) is 0 Å². The standard InChI is InChI=1S/C25H28N4O2/c1-29-22-11-5-10-21(20(22)16-26-29)27-25(30)28-24(17-7-3-2-4-8-17)19-12-13-23-18(15-19)9-6-14-31-23/h2-4,7-8,12-13,15-16,21,24H,5-6,9-11,14H2,1H3,(H2,27,28,30). The maximum Gasteiger partial charge on any atom is 0.316 e. The first-order chi connectivity index (χ1) is 15.2. The van der Waals surface area contributed by atoms with E-state index in [2.05, 4.69) is 40.0 Å². The summed E-state index contributed by atoms with van der Waals surface area (Å²) in [4.78, 5) is 13.1. The van der Waals surface area contributed by atoms with Crippen LogP contribution in [0, 0.1) is 0 Å². The van der Waals surface area contributed by atoms with Gasteiger partial charge in [-0.3, -0.25) is 4.68 Å². The molecule has 1 aliphatic heterocycles. The second kappa shape index (κ2) is 8.46. The van der Waals surface area contributed by atoms with Crippen LogP contribution in [-0.2, 0) is 19.9 Å². The van der Waals surface area contributed by atoms with Gasteiger partial charge >= 0.3 is 6.03 Å². The average molecular weight is 417 g/mol. The van der Waals surface area contributed by atoms with Gasteiger partial charge in [0.15, 0.2) is 0 Å². The lowest BCUT2D eigenvalue weighted by atomic mass is 9.93. The minimum absolute atomic E-state index is 0.00851. The predicted molar refractivity (Wildman–Crippen MR) is 119 cm³/mol. The molecule has 0 spiro atoms. The van der Waals surface area contributed by atoms with Crippen LogP contribution in [0.25, 0.3) is 0 Å². The first kappa shape index (κ1) is 19.7. The Morgan fingerprint density at radius 3 is 2.87 bits per heavy atom. The van der Waals surface area contributed by atoms with Crippen LogP contribution >= 0.6 is 0 Å². The molecule has 2 aliphatic rings. The van der Waals surface area contributed by atoms with E-state index in [1.54, 1.807) is 0 Å². The third-order valence-electron chi connectivity index (χ3n) is 6.36. The van der Waals surface area contributed by atoms with E-state index in [1.807, 2.05) is 42.2 Å². The third kappa shape index (κ3) is 4.02. The van der Waals surface area contributed by atoms with E-state index < -0.39 is 0 Å². The molecule has 2 N–H and O–H groups in total. The van der Waals surface area contributed by atoms with Crippen molar-refractivity contribution in [2.45, 2.75) is 44.2 Å². The van der Waals surface area contributed by atoms with Gasteiger partial charge in [0.1, 0.15) is 5.75 Å². The van der Waals surface area contributed by atoms with Gasteiger partial charge in [-0.05, 0) is 60.9 Å². The molecule has 2 amide bonds. The molecule has 2 aromatic carbocycles. The number of carbonyl (C=O) groups excluding carboxylic acids is 1. The van der Waals surface area contributed by atoms with Crippen molar-refractivity contribution >= 4 is 6.03 Å². The molecule has 3 aromatic rings. The van der Waals surface area contributed by atoms with E-state index in [0.717, 1.165) is 61.2 Å². The fourth-order valence-electron chi connectivity index (χ4n) is 4.75. The second-order valence-corrected chi connectivity index (χ2v) is 8.40. The van der Waals surface area contributed by atoms with E-state index in [0.29, 0.717) is 0 Å². The van der Waals surface area contributed by atoms with Crippen molar-refractivity contribution in [2.75, 3.05) is 6.61 Å².